The van der Waals surface area contributed by atoms with Crippen LogP contribution in [-0.2, 0) is 25.7 Å². The van der Waals surface area contributed by atoms with Crippen LogP contribution in [0.3, 0.4) is 0 Å². The number of hydrogen-bond acceptors (Lipinski definition) is 6. The number of likely N-dealkylation sites (N-methyl/N-ethyl adjacent to an activating group) is 1. The Bertz CT molecular complexity index is 1300. The smallest absolute Gasteiger partial charge is 0.409 e. The SMILES string of the molecule is CC(=O)O[C@H]1C(=O)N(CCN(C)C(=O)OCc2ccccc2)c2ccc(C)cc2S[C@H]1c1ccc(C)cc1. The lowest BCUT2D eigenvalue weighted by atomic mass is 10.0. The van der Waals surface area contributed by atoms with E-state index in [4.69, 9.17) is 9.47 Å². The molecule has 0 aliphatic carbocycles. The molecular weight excluding hydrogens is 500 g/mol. The van der Waals surface area contributed by atoms with Crippen molar-refractivity contribution in [2.75, 3.05) is 25.0 Å². The van der Waals surface area contributed by atoms with Crippen LogP contribution < -0.4 is 4.90 Å². The molecule has 1 aliphatic rings. The van der Waals surface area contributed by atoms with E-state index in [1.54, 1.807) is 11.9 Å². The van der Waals surface area contributed by atoms with Crippen LogP contribution >= 0.6 is 11.8 Å². The van der Waals surface area contributed by atoms with Crippen LogP contribution in [0.2, 0.25) is 0 Å². The summed E-state index contributed by atoms with van der Waals surface area (Å²) in [6.45, 7) is 5.93. The van der Waals surface area contributed by atoms with E-state index in [1.807, 2.05) is 86.6 Å². The number of carbonyl (C=O) groups excluding carboxylic acids is 3. The van der Waals surface area contributed by atoms with Crippen LogP contribution in [0.15, 0.2) is 77.7 Å². The van der Waals surface area contributed by atoms with Crippen molar-refractivity contribution in [1.82, 2.24) is 4.90 Å². The van der Waals surface area contributed by atoms with E-state index < -0.39 is 23.4 Å². The van der Waals surface area contributed by atoms with E-state index in [2.05, 4.69) is 0 Å². The minimum absolute atomic E-state index is 0.165. The van der Waals surface area contributed by atoms with Gasteiger partial charge in [-0.1, -0.05) is 66.2 Å². The molecular formula is C30H32N2O5S. The van der Waals surface area contributed by atoms with Crippen molar-refractivity contribution in [1.29, 1.82) is 0 Å². The third-order valence-electron chi connectivity index (χ3n) is 6.32. The van der Waals surface area contributed by atoms with Crippen LogP contribution in [0.1, 0.15) is 34.4 Å². The minimum atomic E-state index is -1.02. The molecule has 2 atom stereocenters. The molecule has 3 aromatic rings. The molecule has 8 heteroatoms. The summed E-state index contributed by atoms with van der Waals surface area (Å²) in [5, 5.41) is -0.425. The number of rotatable bonds is 7. The third kappa shape index (κ3) is 6.55. The number of anilines is 1. The van der Waals surface area contributed by atoms with Crippen LogP contribution in [0.5, 0.6) is 0 Å². The molecule has 0 bridgehead atoms. The lowest BCUT2D eigenvalue weighted by Crippen LogP contribution is -2.46. The number of nitrogens with zero attached hydrogens (tertiary/aromatic N) is 2. The maximum absolute atomic E-state index is 14.0. The first-order chi connectivity index (χ1) is 18.2. The normalized spacial score (nSPS) is 16.8. The highest BCUT2D eigenvalue weighted by Gasteiger charge is 2.41. The number of benzene rings is 3. The standard InChI is InChI=1S/C30H32N2O5S/c1-20-10-13-24(14-11-20)28-27(37-22(3)33)29(34)32(25-15-12-21(2)18-26(25)38-28)17-16-31(4)30(35)36-19-23-8-6-5-7-9-23/h5-15,18,27-28H,16-17,19H2,1-4H3/t27-,28+/m1/s1. The summed E-state index contributed by atoms with van der Waals surface area (Å²) in [6.07, 6.45) is -1.51. The maximum atomic E-state index is 14.0. The van der Waals surface area contributed by atoms with Gasteiger partial charge in [-0.25, -0.2) is 4.79 Å². The average molecular weight is 533 g/mol. The van der Waals surface area contributed by atoms with Gasteiger partial charge in [0.05, 0.1) is 10.9 Å². The van der Waals surface area contributed by atoms with Crippen LogP contribution in [0.25, 0.3) is 0 Å². The van der Waals surface area contributed by atoms with Gasteiger partial charge >= 0.3 is 12.1 Å². The molecule has 0 saturated heterocycles. The molecule has 1 heterocycles. The number of esters is 1. The highest BCUT2D eigenvalue weighted by molar-refractivity contribution is 7.99. The Morgan fingerprint density at radius 2 is 1.66 bits per heavy atom. The second-order valence-electron chi connectivity index (χ2n) is 9.40. The van der Waals surface area contributed by atoms with Gasteiger partial charge in [0.15, 0.2) is 6.10 Å². The highest BCUT2D eigenvalue weighted by atomic mass is 32.2. The first kappa shape index (κ1) is 27.3. The minimum Gasteiger partial charge on any atom is -0.451 e. The van der Waals surface area contributed by atoms with E-state index >= 15 is 0 Å². The molecule has 3 aromatic carbocycles. The molecule has 0 fully saturated rings. The molecule has 0 unspecified atom stereocenters. The van der Waals surface area contributed by atoms with Crippen molar-refractivity contribution in [2.45, 2.75) is 43.6 Å². The zero-order valence-electron chi connectivity index (χ0n) is 22.0. The Hall–Kier alpha value is -3.78. The second kappa shape index (κ2) is 12.2. The predicted octanol–water partition coefficient (Wildman–Crippen LogP) is 5.68. The van der Waals surface area contributed by atoms with E-state index in [0.29, 0.717) is 0 Å². The molecule has 198 valence electrons. The summed E-state index contributed by atoms with van der Waals surface area (Å²) >= 11 is 1.51. The number of ether oxygens (including phenoxy) is 2. The summed E-state index contributed by atoms with van der Waals surface area (Å²) in [7, 11) is 1.64. The summed E-state index contributed by atoms with van der Waals surface area (Å²) in [6, 6.07) is 23.3. The summed E-state index contributed by atoms with van der Waals surface area (Å²) in [4.78, 5) is 42.7. The Labute approximate surface area is 227 Å². The van der Waals surface area contributed by atoms with E-state index in [9.17, 15) is 14.4 Å². The third-order valence-corrected chi connectivity index (χ3v) is 7.67. The Morgan fingerprint density at radius 1 is 0.974 bits per heavy atom. The van der Waals surface area contributed by atoms with Gasteiger partial charge in [-0.15, -0.1) is 11.8 Å². The van der Waals surface area contributed by atoms with Gasteiger partial charge in [-0.05, 0) is 42.7 Å². The highest BCUT2D eigenvalue weighted by Crippen LogP contribution is 2.47. The molecule has 0 saturated carbocycles. The van der Waals surface area contributed by atoms with Gasteiger partial charge < -0.3 is 19.3 Å². The first-order valence-corrected chi connectivity index (χ1v) is 13.3. The molecule has 0 spiro atoms. The molecule has 2 amide bonds. The number of amides is 2. The fraction of sp³-hybridized carbons (Fsp3) is 0.300. The van der Waals surface area contributed by atoms with Crippen LogP contribution in [-0.4, -0.2) is 49.1 Å². The predicted molar refractivity (Wildman–Crippen MR) is 148 cm³/mol. The quantitative estimate of drug-likeness (QED) is 0.364. The van der Waals surface area contributed by atoms with Crippen molar-refractivity contribution in [2.24, 2.45) is 0 Å². The van der Waals surface area contributed by atoms with E-state index in [1.165, 1.54) is 23.6 Å². The molecule has 4 rings (SSSR count). The van der Waals surface area contributed by atoms with Crippen LogP contribution in [0.4, 0.5) is 10.5 Å². The largest absolute Gasteiger partial charge is 0.451 e. The first-order valence-electron chi connectivity index (χ1n) is 12.5. The van der Waals surface area contributed by atoms with Gasteiger partial charge in [-0.2, -0.15) is 0 Å². The average Bonchev–Trinajstić information content (AvgIpc) is 3.01. The summed E-state index contributed by atoms with van der Waals surface area (Å²) in [5.41, 5.74) is 4.67. The monoisotopic (exact) mass is 532 g/mol. The zero-order chi connectivity index (χ0) is 27.2. The molecule has 0 radical (unpaired) electrons. The lowest BCUT2D eigenvalue weighted by Gasteiger charge is -2.29. The number of thioether (sulfide) groups is 1. The maximum Gasteiger partial charge on any atom is 0.409 e. The fourth-order valence-corrected chi connectivity index (χ4v) is 5.65. The molecule has 38 heavy (non-hydrogen) atoms. The van der Waals surface area contributed by atoms with Gasteiger partial charge in [0.25, 0.3) is 5.91 Å². The summed E-state index contributed by atoms with van der Waals surface area (Å²) < 4.78 is 11.1. The molecule has 1 aliphatic heterocycles. The van der Waals surface area contributed by atoms with Crippen molar-refractivity contribution < 1.29 is 23.9 Å². The molecule has 0 N–H and O–H groups in total. The number of fused-ring (bicyclic) bond motifs is 1. The van der Waals surface area contributed by atoms with E-state index in [-0.39, 0.29) is 25.6 Å². The Kier molecular flexibility index (Phi) is 8.73. The van der Waals surface area contributed by atoms with Gasteiger partial charge in [0, 0.05) is 32.0 Å². The lowest BCUT2D eigenvalue weighted by molar-refractivity contribution is -0.152. The van der Waals surface area contributed by atoms with Crippen molar-refractivity contribution in [3.05, 3.63) is 95.1 Å². The van der Waals surface area contributed by atoms with Crippen molar-refractivity contribution >= 4 is 35.4 Å². The zero-order valence-corrected chi connectivity index (χ0v) is 22.9. The number of carbonyl (C=O) groups is 3. The number of aryl methyl sites for hydroxylation is 2. The molecule has 7 nitrogen and oxygen atoms in total. The van der Waals surface area contributed by atoms with Crippen LogP contribution in [0, 0.1) is 13.8 Å². The van der Waals surface area contributed by atoms with E-state index in [0.717, 1.165) is 32.8 Å². The topological polar surface area (TPSA) is 76.2 Å². The Balaban J connectivity index is 1.58. The van der Waals surface area contributed by atoms with Gasteiger partial charge in [0.1, 0.15) is 6.61 Å². The van der Waals surface area contributed by atoms with Crippen molar-refractivity contribution in [3.63, 3.8) is 0 Å². The van der Waals surface area contributed by atoms with Gasteiger partial charge in [-0.3, -0.25) is 9.59 Å². The summed E-state index contributed by atoms with van der Waals surface area (Å²) in [5.74, 6) is -0.850. The number of hydrogen-bond donors (Lipinski definition) is 0. The van der Waals surface area contributed by atoms with Crippen molar-refractivity contribution in [3.8, 4) is 0 Å². The molecule has 0 aromatic heterocycles. The van der Waals surface area contributed by atoms with Gasteiger partial charge in [0.2, 0.25) is 0 Å². The second-order valence-corrected chi connectivity index (χ2v) is 10.6. The fourth-order valence-electron chi connectivity index (χ4n) is 4.23. The Morgan fingerprint density at radius 3 is 2.34 bits per heavy atom.